The molecule has 0 radical (unpaired) electrons. The van der Waals surface area contributed by atoms with E-state index in [1.807, 2.05) is 77.8 Å². The van der Waals surface area contributed by atoms with Gasteiger partial charge in [0.05, 0.1) is 11.8 Å². The van der Waals surface area contributed by atoms with Crippen molar-refractivity contribution in [2.45, 2.75) is 12.5 Å². The van der Waals surface area contributed by atoms with Gasteiger partial charge in [-0.2, -0.15) is 5.10 Å². The summed E-state index contributed by atoms with van der Waals surface area (Å²) in [6, 6.07) is 24.0. The molecule has 5 rings (SSSR count). The first-order valence-corrected chi connectivity index (χ1v) is 10.9. The fourth-order valence-corrected chi connectivity index (χ4v) is 4.07. The van der Waals surface area contributed by atoms with Crippen LogP contribution in [0, 0.1) is 0 Å². The van der Waals surface area contributed by atoms with Gasteiger partial charge in [-0.1, -0.05) is 66.7 Å². The summed E-state index contributed by atoms with van der Waals surface area (Å²) in [4.78, 5) is 52.4. The molecule has 1 aliphatic heterocycles. The van der Waals surface area contributed by atoms with E-state index in [9.17, 15) is 19.2 Å². The van der Waals surface area contributed by atoms with Gasteiger partial charge in [0.1, 0.15) is 5.69 Å². The Hall–Kier alpha value is -4.79. The van der Waals surface area contributed by atoms with Crippen molar-refractivity contribution >= 4 is 28.4 Å². The van der Waals surface area contributed by atoms with E-state index in [2.05, 4.69) is 10.1 Å². The maximum atomic E-state index is 13.1. The predicted molar refractivity (Wildman–Crippen MR) is 129 cm³/mol. The molecule has 0 spiro atoms. The average molecular weight is 468 g/mol. The number of rotatable bonds is 5. The Labute approximate surface area is 198 Å². The van der Waals surface area contributed by atoms with Gasteiger partial charge in [0.2, 0.25) is 0 Å². The Bertz CT molecular complexity index is 1540. The fourth-order valence-electron chi connectivity index (χ4n) is 4.07. The number of benzene rings is 3. The van der Waals surface area contributed by atoms with E-state index in [0.717, 1.165) is 33.7 Å². The van der Waals surface area contributed by atoms with Crippen molar-refractivity contribution in [1.29, 1.82) is 0 Å². The number of carbonyl (C=O) groups excluding carboxylic acids is 2. The molecule has 0 bridgehead atoms. The number of hydrogen-bond acceptors (Lipinski definition) is 6. The first-order valence-electron chi connectivity index (χ1n) is 10.9. The molecule has 9 heteroatoms. The van der Waals surface area contributed by atoms with E-state index >= 15 is 0 Å². The van der Waals surface area contributed by atoms with Crippen LogP contribution in [0.25, 0.3) is 10.8 Å². The highest BCUT2D eigenvalue weighted by Gasteiger charge is 2.33. The monoisotopic (exact) mass is 468 g/mol. The number of fused-ring (bicyclic) bond motifs is 1. The molecule has 2 heterocycles. The number of hydrogen-bond donors (Lipinski definition) is 2. The average Bonchev–Trinajstić information content (AvgIpc) is 3.32. The van der Waals surface area contributed by atoms with E-state index in [-0.39, 0.29) is 11.7 Å². The minimum absolute atomic E-state index is 0.340. The lowest BCUT2D eigenvalue weighted by atomic mass is 9.97. The number of H-pyrrole nitrogens is 2. The minimum Gasteiger partial charge on any atom is -0.451 e. The van der Waals surface area contributed by atoms with Crippen LogP contribution < -0.4 is 11.2 Å². The highest BCUT2D eigenvalue weighted by atomic mass is 16.5. The number of esters is 1. The number of aromatic amines is 2. The quantitative estimate of drug-likeness (QED) is 0.436. The smallest absolute Gasteiger partial charge is 0.355 e. The maximum Gasteiger partial charge on any atom is 0.355 e. The van der Waals surface area contributed by atoms with Crippen LogP contribution >= 0.6 is 0 Å². The molecule has 0 fully saturated rings. The van der Waals surface area contributed by atoms with Gasteiger partial charge in [-0.05, 0) is 28.0 Å². The molecule has 174 valence electrons. The van der Waals surface area contributed by atoms with Crippen LogP contribution in [0.15, 0.2) is 93.6 Å². The third-order valence-corrected chi connectivity index (χ3v) is 5.74. The van der Waals surface area contributed by atoms with E-state index in [0.29, 0.717) is 6.42 Å². The van der Waals surface area contributed by atoms with Crippen LogP contribution in [0.2, 0.25) is 0 Å². The van der Waals surface area contributed by atoms with Crippen LogP contribution in [0.1, 0.15) is 34.1 Å². The van der Waals surface area contributed by atoms with Crippen molar-refractivity contribution in [2.75, 3.05) is 6.61 Å². The number of nitrogens with zero attached hydrogens (tertiary/aromatic N) is 2. The molecule has 1 unspecified atom stereocenters. The highest BCUT2D eigenvalue weighted by Crippen LogP contribution is 2.33. The molecule has 0 saturated carbocycles. The number of nitrogens with one attached hydrogen (secondary N) is 2. The number of hydrazone groups is 1. The first kappa shape index (κ1) is 22.0. The van der Waals surface area contributed by atoms with Crippen LogP contribution in [0.4, 0.5) is 0 Å². The number of ether oxygens (including phenoxy) is 1. The second-order valence-corrected chi connectivity index (χ2v) is 8.06. The van der Waals surface area contributed by atoms with Crippen LogP contribution in [-0.4, -0.2) is 39.2 Å². The highest BCUT2D eigenvalue weighted by molar-refractivity contribution is 6.05. The van der Waals surface area contributed by atoms with Gasteiger partial charge in [0.25, 0.3) is 11.5 Å². The van der Waals surface area contributed by atoms with Gasteiger partial charge < -0.3 is 9.72 Å². The summed E-state index contributed by atoms with van der Waals surface area (Å²) in [6.07, 6.45) is 0.490. The van der Waals surface area contributed by atoms with Crippen molar-refractivity contribution in [3.05, 3.63) is 117 Å². The van der Waals surface area contributed by atoms with E-state index in [1.54, 1.807) is 0 Å². The molecule has 0 saturated heterocycles. The summed E-state index contributed by atoms with van der Waals surface area (Å²) in [6.45, 7) is -0.606. The summed E-state index contributed by atoms with van der Waals surface area (Å²) in [5, 5.41) is 8.09. The molecule has 4 aromatic rings. The molecule has 1 aromatic heterocycles. The van der Waals surface area contributed by atoms with Gasteiger partial charge in [-0.15, -0.1) is 0 Å². The summed E-state index contributed by atoms with van der Waals surface area (Å²) in [7, 11) is 0. The third-order valence-electron chi connectivity index (χ3n) is 5.74. The second kappa shape index (κ2) is 9.22. The lowest BCUT2D eigenvalue weighted by Crippen LogP contribution is -2.32. The topological polar surface area (TPSA) is 125 Å². The van der Waals surface area contributed by atoms with Crippen molar-refractivity contribution in [3.8, 4) is 0 Å². The summed E-state index contributed by atoms with van der Waals surface area (Å²) in [5.74, 6) is -1.52. The summed E-state index contributed by atoms with van der Waals surface area (Å²) >= 11 is 0. The normalized spacial score (nSPS) is 15.1. The Balaban J connectivity index is 1.40. The van der Waals surface area contributed by atoms with Gasteiger partial charge in [0.15, 0.2) is 6.61 Å². The van der Waals surface area contributed by atoms with Crippen molar-refractivity contribution < 1.29 is 14.3 Å². The zero-order valence-electron chi connectivity index (χ0n) is 18.4. The molecule has 3 aromatic carbocycles. The third kappa shape index (κ3) is 4.65. The van der Waals surface area contributed by atoms with Gasteiger partial charge >= 0.3 is 11.7 Å². The minimum atomic E-state index is -0.990. The lowest BCUT2D eigenvalue weighted by molar-refractivity contribution is -0.136. The zero-order chi connectivity index (χ0) is 24.4. The van der Waals surface area contributed by atoms with Crippen LogP contribution in [-0.2, 0) is 9.53 Å². The van der Waals surface area contributed by atoms with Crippen molar-refractivity contribution in [1.82, 2.24) is 15.0 Å². The molecule has 1 aliphatic rings. The van der Waals surface area contributed by atoms with E-state index < -0.39 is 29.7 Å². The molecule has 0 aliphatic carbocycles. The lowest BCUT2D eigenvalue weighted by Gasteiger charge is -2.21. The fraction of sp³-hybridized carbons (Fsp3) is 0.115. The Morgan fingerprint density at radius 3 is 2.43 bits per heavy atom. The molecule has 9 nitrogen and oxygen atoms in total. The Kier molecular flexibility index (Phi) is 5.80. The largest absolute Gasteiger partial charge is 0.451 e. The van der Waals surface area contributed by atoms with E-state index in [4.69, 9.17) is 4.74 Å². The Morgan fingerprint density at radius 1 is 0.914 bits per heavy atom. The number of carbonyl (C=O) groups is 2. The second-order valence-electron chi connectivity index (χ2n) is 8.06. The summed E-state index contributed by atoms with van der Waals surface area (Å²) in [5.41, 5.74) is 0.601. The molecule has 35 heavy (non-hydrogen) atoms. The number of aromatic nitrogens is 2. The SMILES string of the molecule is O=C(OCC(=O)N1N=C(c2ccc3ccccc3c2)CC1c1ccccc1)c1cc(=O)[nH]c(=O)[nH]1. The van der Waals surface area contributed by atoms with E-state index in [1.165, 1.54) is 5.01 Å². The molecule has 2 N–H and O–H groups in total. The van der Waals surface area contributed by atoms with Gasteiger partial charge in [0, 0.05) is 12.5 Å². The first-order chi connectivity index (χ1) is 17.0. The zero-order valence-corrected chi connectivity index (χ0v) is 18.4. The van der Waals surface area contributed by atoms with Crippen LogP contribution in [0.5, 0.6) is 0 Å². The van der Waals surface area contributed by atoms with Gasteiger partial charge in [-0.3, -0.25) is 14.6 Å². The molecule has 1 atom stereocenters. The van der Waals surface area contributed by atoms with Crippen LogP contribution in [0.3, 0.4) is 0 Å². The Morgan fingerprint density at radius 2 is 1.66 bits per heavy atom. The standard InChI is InChI=1S/C26H20N4O5/c31-23-14-21(27-26(34)28-23)25(33)35-15-24(32)30-22(17-7-2-1-3-8-17)13-20(29-30)19-11-10-16-6-4-5-9-18(16)12-19/h1-12,14,22H,13,15H2,(H2,27,28,31,34). The predicted octanol–water partition coefficient (Wildman–Crippen LogP) is 2.75. The molecular formula is C26H20N4O5. The maximum absolute atomic E-state index is 13.1. The van der Waals surface area contributed by atoms with Crippen molar-refractivity contribution in [3.63, 3.8) is 0 Å². The van der Waals surface area contributed by atoms with Gasteiger partial charge in [-0.25, -0.2) is 14.6 Å². The van der Waals surface area contributed by atoms with Crippen molar-refractivity contribution in [2.24, 2.45) is 5.10 Å². The summed E-state index contributed by atoms with van der Waals surface area (Å²) < 4.78 is 5.07. The molecule has 1 amide bonds. The molecular weight excluding hydrogens is 448 g/mol. The number of amides is 1.